The first-order valence-electron chi connectivity index (χ1n) is 6.50. The van der Waals surface area contributed by atoms with Crippen LogP contribution < -0.4 is 11.0 Å². The number of nitrogens with one attached hydrogen (secondary N) is 1. The monoisotopic (exact) mass is 235 g/mol. The molecule has 1 aromatic heterocycles. The first-order chi connectivity index (χ1) is 8.25. The van der Waals surface area contributed by atoms with Gasteiger partial charge in [-0.15, -0.1) is 0 Å². The summed E-state index contributed by atoms with van der Waals surface area (Å²) in [4.78, 5) is 15.1. The van der Waals surface area contributed by atoms with Gasteiger partial charge in [0.15, 0.2) is 0 Å². The van der Waals surface area contributed by atoms with E-state index in [1.807, 2.05) is 0 Å². The normalized spacial score (nSPS) is 24.8. The third-order valence-corrected chi connectivity index (χ3v) is 3.50. The SMILES string of the molecule is CC1CCCC(NCCn2cccnc2=O)C1. The van der Waals surface area contributed by atoms with Crippen LogP contribution in [0.5, 0.6) is 0 Å². The smallest absolute Gasteiger partial charge is 0.312 e. The minimum Gasteiger partial charge on any atom is -0.312 e. The van der Waals surface area contributed by atoms with Crippen LogP contribution in [0.1, 0.15) is 32.6 Å². The summed E-state index contributed by atoms with van der Waals surface area (Å²) in [6, 6.07) is 2.43. The maximum absolute atomic E-state index is 11.4. The Bertz CT molecular complexity index is 402. The van der Waals surface area contributed by atoms with Gasteiger partial charge in [-0.05, 0) is 24.8 Å². The summed E-state index contributed by atoms with van der Waals surface area (Å²) in [5, 5.41) is 3.54. The van der Waals surface area contributed by atoms with Crippen molar-refractivity contribution < 1.29 is 0 Å². The molecule has 4 nitrogen and oxygen atoms in total. The fraction of sp³-hybridized carbons (Fsp3) is 0.692. The van der Waals surface area contributed by atoms with Gasteiger partial charge in [-0.3, -0.25) is 4.57 Å². The van der Waals surface area contributed by atoms with Crippen LogP contribution in [0.25, 0.3) is 0 Å². The second-order valence-corrected chi connectivity index (χ2v) is 5.02. The van der Waals surface area contributed by atoms with Crippen molar-refractivity contribution in [3.05, 3.63) is 28.9 Å². The zero-order valence-electron chi connectivity index (χ0n) is 10.4. The highest BCUT2D eigenvalue weighted by molar-refractivity contribution is 4.81. The lowest BCUT2D eigenvalue weighted by molar-refractivity contribution is 0.299. The van der Waals surface area contributed by atoms with Crippen LogP contribution in [-0.4, -0.2) is 22.1 Å². The lowest BCUT2D eigenvalue weighted by Gasteiger charge is -2.27. The topological polar surface area (TPSA) is 46.9 Å². The van der Waals surface area contributed by atoms with Crippen molar-refractivity contribution in [1.29, 1.82) is 0 Å². The van der Waals surface area contributed by atoms with E-state index in [2.05, 4.69) is 17.2 Å². The molecule has 0 aliphatic heterocycles. The van der Waals surface area contributed by atoms with E-state index < -0.39 is 0 Å². The van der Waals surface area contributed by atoms with Gasteiger partial charge in [0.1, 0.15) is 0 Å². The summed E-state index contributed by atoms with van der Waals surface area (Å²) in [7, 11) is 0. The van der Waals surface area contributed by atoms with E-state index in [0.29, 0.717) is 12.6 Å². The predicted octanol–water partition coefficient (Wildman–Crippen LogP) is 1.41. The van der Waals surface area contributed by atoms with Crippen molar-refractivity contribution in [2.45, 2.75) is 45.2 Å². The Balaban J connectivity index is 1.76. The molecule has 2 atom stereocenters. The molecule has 1 fully saturated rings. The molecule has 17 heavy (non-hydrogen) atoms. The molecule has 2 rings (SSSR count). The standard InChI is InChI=1S/C13H21N3O/c1-11-4-2-5-12(10-11)14-7-9-16-8-3-6-15-13(16)17/h3,6,8,11-12,14H,2,4-5,7,9-10H2,1H3. The predicted molar refractivity (Wildman–Crippen MR) is 67.9 cm³/mol. The van der Waals surface area contributed by atoms with E-state index in [1.165, 1.54) is 31.9 Å². The number of aromatic nitrogens is 2. The van der Waals surface area contributed by atoms with Gasteiger partial charge in [0.05, 0.1) is 0 Å². The van der Waals surface area contributed by atoms with Gasteiger partial charge in [-0.1, -0.05) is 19.8 Å². The summed E-state index contributed by atoms with van der Waals surface area (Å²) < 4.78 is 1.65. The fourth-order valence-electron chi connectivity index (χ4n) is 2.57. The highest BCUT2D eigenvalue weighted by atomic mass is 16.1. The Morgan fingerprint density at radius 2 is 2.41 bits per heavy atom. The lowest BCUT2D eigenvalue weighted by atomic mass is 9.87. The van der Waals surface area contributed by atoms with Gasteiger partial charge < -0.3 is 5.32 Å². The minimum absolute atomic E-state index is 0.161. The molecule has 1 aliphatic rings. The molecule has 0 spiro atoms. The van der Waals surface area contributed by atoms with Gasteiger partial charge in [-0.25, -0.2) is 9.78 Å². The molecule has 1 saturated carbocycles. The van der Waals surface area contributed by atoms with Crippen molar-refractivity contribution >= 4 is 0 Å². The number of hydrogen-bond acceptors (Lipinski definition) is 3. The van der Waals surface area contributed by atoms with Gasteiger partial charge in [0.25, 0.3) is 0 Å². The highest BCUT2D eigenvalue weighted by Crippen LogP contribution is 2.23. The van der Waals surface area contributed by atoms with Gasteiger partial charge in [0, 0.05) is 31.5 Å². The van der Waals surface area contributed by atoms with E-state index in [0.717, 1.165) is 12.5 Å². The summed E-state index contributed by atoms with van der Waals surface area (Å²) >= 11 is 0. The van der Waals surface area contributed by atoms with E-state index >= 15 is 0 Å². The van der Waals surface area contributed by atoms with Crippen LogP contribution in [0.4, 0.5) is 0 Å². The second kappa shape index (κ2) is 5.96. The van der Waals surface area contributed by atoms with Crippen LogP contribution >= 0.6 is 0 Å². The molecule has 1 heterocycles. The van der Waals surface area contributed by atoms with E-state index in [1.54, 1.807) is 16.8 Å². The molecule has 94 valence electrons. The van der Waals surface area contributed by atoms with Gasteiger partial charge in [0.2, 0.25) is 0 Å². The molecular weight excluding hydrogens is 214 g/mol. The van der Waals surface area contributed by atoms with Gasteiger partial charge in [-0.2, -0.15) is 0 Å². The number of nitrogens with zero attached hydrogens (tertiary/aromatic N) is 2. The van der Waals surface area contributed by atoms with E-state index in [-0.39, 0.29) is 5.69 Å². The first-order valence-corrected chi connectivity index (χ1v) is 6.50. The van der Waals surface area contributed by atoms with Crippen molar-refractivity contribution in [2.75, 3.05) is 6.54 Å². The molecule has 0 aromatic carbocycles. The Labute approximate surface area is 102 Å². The zero-order chi connectivity index (χ0) is 12.1. The highest BCUT2D eigenvalue weighted by Gasteiger charge is 2.17. The van der Waals surface area contributed by atoms with Crippen molar-refractivity contribution in [2.24, 2.45) is 5.92 Å². The van der Waals surface area contributed by atoms with Crippen LogP contribution in [0.15, 0.2) is 23.3 Å². The van der Waals surface area contributed by atoms with Crippen molar-refractivity contribution in [3.63, 3.8) is 0 Å². The largest absolute Gasteiger partial charge is 0.347 e. The molecule has 0 amide bonds. The molecule has 0 radical (unpaired) electrons. The third kappa shape index (κ3) is 3.66. The average Bonchev–Trinajstić information content (AvgIpc) is 2.32. The summed E-state index contributed by atoms with van der Waals surface area (Å²) in [6.07, 6.45) is 8.55. The maximum Gasteiger partial charge on any atom is 0.347 e. The number of hydrogen-bond donors (Lipinski definition) is 1. The third-order valence-electron chi connectivity index (χ3n) is 3.50. The maximum atomic E-state index is 11.4. The summed E-state index contributed by atoms with van der Waals surface area (Å²) in [5.41, 5.74) is -0.161. The number of rotatable bonds is 4. The Morgan fingerprint density at radius 1 is 1.53 bits per heavy atom. The Hall–Kier alpha value is -1.16. The lowest BCUT2D eigenvalue weighted by Crippen LogP contribution is -2.37. The van der Waals surface area contributed by atoms with Crippen LogP contribution in [-0.2, 0) is 6.54 Å². The molecule has 1 aromatic rings. The van der Waals surface area contributed by atoms with E-state index in [9.17, 15) is 4.79 Å². The molecular formula is C13H21N3O. The quantitative estimate of drug-likeness (QED) is 0.858. The average molecular weight is 235 g/mol. The zero-order valence-corrected chi connectivity index (χ0v) is 10.4. The molecule has 0 bridgehead atoms. The van der Waals surface area contributed by atoms with E-state index in [4.69, 9.17) is 0 Å². The summed E-state index contributed by atoms with van der Waals surface area (Å²) in [5.74, 6) is 0.836. The molecule has 2 unspecified atom stereocenters. The Morgan fingerprint density at radius 3 is 3.18 bits per heavy atom. The second-order valence-electron chi connectivity index (χ2n) is 5.02. The van der Waals surface area contributed by atoms with Crippen LogP contribution in [0.3, 0.4) is 0 Å². The Kier molecular flexibility index (Phi) is 4.31. The molecule has 1 aliphatic carbocycles. The van der Waals surface area contributed by atoms with Crippen molar-refractivity contribution in [3.8, 4) is 0 Å². The van der Waals surface area contributed by atoms with Gasteiger partial charge >= 0.3 is 5.69 Å². The molecule has 4 heteroatoms. The van der Waals surface area contributed by atoms with Crippen LogP contribution in [0.2, 0.25) is 0 Å². The fourth-order valence-corrected chi connectivity index (χ4v) is 2.57. The minimum atomic E-state index is -0.161. The first kappa shape index (κ1) is 12.3. The van der Waals surface area contributed by atoms with Crippen LogP contribution in [0, 0.1) is 5.92 Å². The van der Waals surface area contributed by atoms with Crippen molar-refractivity contribution in [1.82, 2.24) is 14.9 Å². The molecule has 1 N–H and O–H groups in total. The molecule has 0 saturated heterocycles. The summed E-state index contributed by atoms with van der Waals surface area (Å²) in [6.45, 7) is 3.87.